The number of nitrogens with two attached hydrogens (primary N) is 1. The second-order valence-corrected chi connectivity index (χ2v) is 4.12. The summed E-state index contributed by atoms with van der Waals surface area (Å²) in [6, 6.07) is 7.84. The lowest BCUT2D eigenvalue weighted by atomic mass is 10.1. The van der Waals surface area contributed by atoms with Crippen LogP contribution in [-0.4, -0.2) is 16.1 Å². The van der Waals surface area contributed by atoms with Crippen molar-refractivity contribution in [2.75, 3.05) is 0 Å². The van der Waals surface area contributed by atoms with Crippen LogP contribution in [0.1, 0.15) is 24.3 Å². The lowest BCUT2D eigenvalue weighted by Crippen LogP contribution is -2.24. The molecule has 2 aromatic rings. The maximum Gasteiger partial charge on any atom is 0.108 e. The van der Waals surface area contributed by atoms with E-state index in [0.717, 1.165) is 16.6 Å². The molecule has 1 heterocycles. The van der Waals surface area contributed by atoms with Gasteiger partial charge in [-0.3, -0.25) is 0 Å². The van der Waals surface area contributed by atoms with E-state index in [-0.39, 0.29) is 6.04 Å². The van der Waals surface area contributed by atoms with Crippen LogP contribution in [0.2, 0.25) is 0 Å². The Morgan fingerprint density at radius 1 is 1.33 bits per heavy atom. The van der Waals surface area contributed by atoms with E-state index in [1.807, 2.05) is 19.1 Å². The zero-order chi connectivity index (χ0) is 11.0. The molecule has 0 amide bonds. The highest BCUT2D eigenvalue weighted by molar-refractivity contribution is 5.81. The summed E-state index contributed by atoms with van der Waals surface area (Å²) >= 11 is 0. The third-order valence-electron chi connectivity index (χ3n) is 2.62. The fourth-order valence-corrected chi connectivity index (χ4v) is 1.71. The maximum absolute atomic E-state index is 9.81. The molecular formula is C12H16N2O. The van der Waals surface area contributed by atoms with Crippen molar-refractivity contribution < 1.29 is 5.11 Å². The van der Waals surface area contributed by atoms with Crippen LogP contribution in [0.3, 0.4) is 0 Å². The van der Waals surface area contributed by atoms with E-state index >= 15 is 0 Å². The zero-order valence-electron chi connectivity index (χ0n) is 8.99. The summed E-state index contributed by atoms with van der Waals surface area (Å²) in [5.41, 5.74) is 8.68. The third-order valence-corrected chi connectivity index (χ3v) is 2.62. The summed E-state index contributed by atoms with van der Waals surface area (Å²) in [4.78, 5) is 3.19. The van der Waals surface area contributed by atoms with Gasteiger partial charge in [0.25, 0.3) is 0 Å². The number of aliphatic hydroxyl groups excluding tert-OH is 1. The topological polar surface area (TPSA) is 62.0 Å². The predicted molar refractivity (Wildman–Crippen MR) is 61.6 cm³/mol. The molecule has 1 aromatic carbocycles. The molecule has 80 valence electrons. The number of hydrogen-bond donors (Lipinski definition) is 3. The van der Waals surface area contributed by atoms with Gasteiger partial charge in [-0.1, -0.05) is 12.1 Å². The van der Waals surface area contributed by atoms with Crippen LogP contribution in [0.5, 0.6) is 0 Å². The molecule has 0 fully saturated rings. The van der Waals surface area contributed by atoms with Gasteiger partial charge in [0.2, 0.25) is 0 Å². The van der Waals surface area contributed by atoms with E-state index in [4.69, 9.17) is 5.73 Å². The minimum atomic E-state index is -0.627. The number of H-pyrrole nitrogens is 1. The van der Waals surface area contributed by atoms with Crippen LogP contribution in [0.15, 0.2) is 24.3 Å². The minimum absolute atomic E-state index is 0.265. The largest absolute Gasteiger partial charge is 0.385 e. The Morgan fingerprint density at radius 3 is 2.73 bits per heavy atom. The van der Waals surface area contributed by atoms with Crippen LogP contribution < -0.4 is 5.73 Å². The molecule has 3 heteroatoms. The summed E-state index contributed by atoms with van der Waals surface area (Å²) in [6.45, 7) is 3.84. The monoisotopic (exact) mass is 204 g/mol. The quantitative estimate of drug-likeness (QED) is 0.699. The number of aromatic nitrogens is 1. The second kappa shape index (κ2) is 3.68. The van der Waals surface area contributed by atoms with E-state index in [9.17, 15) is 5.11 Å². The first-order chi connectivity index (χ1) is 7.08. The van der Waals surface area contributed by atoms with Crippen molar-refractivity contribution in [3.63, 3.8) is 0 Å². The van der Waals surface area contributed by atoms with Crippen molar-refractivity contribution in [1.82, 2.24) is 4.98 Å². The molecule has 15 heavy (non-hydrogen) atoms. The summed E-state index contributed by atoms with van der Waals surface area (Å²) in [5, 5.41) is 10.9. The molecular weight excluding hydrogens is 188 g/mol. The average Bonchev–Trinajstić information content (AvgIpc) is 2.58. The van der Waals surface area contributed by atoms with Crippen molar-refractivity contribution >= 4 is 10.9 Å². The minimum Gasteiger partial charge on any atom is -0.385 e. The van der Waals surface area contributed by atoms with Gasteiger partial charge in [0, 0.05) is 17.3 Å². The second-order valence-electron chi connectivity index (χ2n) is 4.12. The first kappa shape index (κ1) is 10.2. The summed E-state index contributed by atoms with van der Waals surface area (Å²) < 4.78 is 0. The molecule has 2 atom stereocenters. The first-order valence-electron chi connectivity index (χ1n) is 5.11. The van der Waals surface area contributed by atoms with Crippen LogP contribution in [-0.2, 0) is 0 Å². The Labute approximate surface area is 88.9 Å². The van der Waals surface area contributed by atoms with Crippen molar-refractivity contribution in [3.05, 3.63) is 35.5 Å². The molecule has 0 radical (unpaired) electrons. The highest BCUT2D eigenvalue weighted by atomic mass is 16.3. The molecule has 0 aliphatic heterocycles. The molecule has 1 aromatic heterocycles. The summed E-state index contributed by atoms with van der Waals surface area (Å²) in [7, 11) is 0. The highest BCUT2D eigenvalue weighted by Gasteiger charge is 2.14. The molecule has 3 nitrogen and oxygen atoms in total. The third kappa shape index (κ3) is 1.89. The van der Waals surface area contributed by atoms with Crippen molar-refractivity contribution in [2.24, 2.45) is 5.73 Å². The average molecular weight is 204 g/mol. The van der Waals surface area contributed by atoms with E-state index in [1.54, 1.807) is 6.92 Å². The van der Waals surface area contributed by atoms with E-state index in [0.29, 0.717) is 0 Å². The number of hydrogen-bond acceptors (Lipinski definition) is 2. The SMILES string of the molecule is Cc1ccc2cc(C(O)C(C)N)[nH]c2c1. The van der Waals surface area contributed by atoms with Gasteiger partial charge in [-0.2, -0.15) is 0 Å². The Morgan fingerprint density at radius 2 is 2.07 bits per heavy atom. The number of fused-ring (bicyclic) bond motifs is 1. The van der Waals surface area contributed by atoms with Gasteiger partial charge in [-0.25, -0.2) is 0 Å². The molecule has 4 N–H and O–H groups in total. The Hall–Kier alpha value is -1.32. The summed E-state index contributed by atoms with van der Waals surface area (Å²) in [5.74, 6) is 0. The molecule has 0 bridgehead atoms. The first-order valence-corrected chi connectivity index (χ1v) is 5.11. The number of aliphatic hydroxyl groups is 1. The molecule has 0 saturated heterocycles. The smallest absolute Gasteiger partial charge is 0.108 e. The lowest BCUT2D eigenvalue weighted by Gasteiger charge is -2.11. The van der Waals surface area contributed by atoms with Crippen LogP contribution in [0, 0.1) is 6.92 Å². The fourth-order valence-electron chi connectivity index (χ4n) is 1.71. The Kier molecular flexibility index (Phi) is 2.50. The Balaban J connectivity index is 2.47. The zero-order valence-corrected chi connectivity index (χ0v) is 8.99. The van der Waals surface area contributed by atoms with Crippen molar-refractivity contribution in [1.29, 1.82) is 0 Å². The number of benzene rings is 1. The predicted octanol–water partition coefficient (Wildman–Crippen LogP) is 1.86. The molecule has 0 saturated carbocycles. The van der Waals surface area contributed by atoms with E-state index < -0.39 is 6.10 Å². The van der Waals surface area contributed by atoms with Crippen LogP contribution in [0.4, 0.5) is 0 Å². The number of aromatic amines is 1. The highest BCUT2D eigenvalue weighted by Crippen LogP contribution is 2.22. The number of rotatable bonds is 2. The molecule has 0 spiro atoms. The lowest BCUT2D eigenvalue weighted by molar-refractivity contribution is 0.149. The molecule has 0 aliphatic carbocycles. The van der Waals surface area contributed by atoms with Gasteiger partial charge in [-0.05, 0) is 36.9 Å². The van der Waals surface area contributed by atoms with Gasteiger partial charge in [-0.15, -0.1) is 0 Å². The summed E-state index contributed by atoms with van der Waals surface area (Å²) in [6.07, 6.45) is -0.627. The van der Waals surface area contributed by atoms with Gasteiger partial charge < -0.3 is 15.8 Å². The van der Waals surface area contributed by atoms with Crippen LogP contribution >= 0.6 is 0 Å². The molecule has 0 aliphatic rings. The van der Waals surface area contributed by atoms with Gasteiger partial charge in [0.1, 0.15) is 6.10 Å². The van der Waals surface area contributed by atoms with Gasteiger partial charge in [0.05, 0.1) is 0 Å². The van der Waals surface area contributed by atoms with E-state index in [1.165, 1.54) is 5.56 Å². The number of aryl methyl sites for hydroxylation is 1. The van der Waals surface area contributed by atoms with Crippen molar-refractivity contribution in [2.45, 2.75) is 26.0 Å². The van der Waals surface area contributed by atoms with E-state index in [2.05, 4.69) is 17.1 Å². The van der Waals surface area contributed by atoms with Crippen molar-refractivity contribution in [3.8, 4) is 0 Å². The van der Waals surface area contributed by atoms with Gasteiger partial charge >= 0.3 is 0 Å². The van der Waals surface area contributed by atoms with Gasteiger partial charge in [0.15, 0.2) is 0 Å². The normalized spacial score (nSPS) is 15.5. The van der Waals surface area contributed by atoms with Crippen LogP contribution in [0.25, 0.3) is 10.9 Å². The standard InChI is InChI=1S/C12H16N2O/c1-7-3-4-9-6-11(12(15)8(2)13)14-10(9)5-7/h3-6,8,12,14-15H,13H2,1-2H3. The number of nitrogens with one attached hydrogen (secondary N) is 1. The molecule has 2 rings (SSSR count). The fraction of sp³-hybridized carbons (Fsp3) is 0.333. The maximum atomic E-state index is 9.81. The molecule has 2 unspecified atom stereocenters. The Bertz CT molecular complexity index is 473.